The number of esters is 1. The Bertz CT molecular complexity index is 802. The molecule has 0 unspecified atom stereocenters. The first kappa shape index (κ1) is 16.8. The number of nitrogens with one attached hydrogen (secondary N) is 1. The molecular weight excluding hydrogens is 322 g/mol. The highest BCUT2D eigenvalue weighted by Gasteiger charge is 2.22. The summed E-state index contributed by atoms with van der Waals surface area (Å²) in [5, 5.41) is 21.7. The third-order valence-electron chi connectivity index (χ3n) is 4.24. The van der Waals surface area contributed by atoms with E-state index in [4.69, 9.17) is 4.74 Å². The van der Waals surface area contributed by atoms with Crippen molar-refractivity contribution in [2.45, 2.75) is 25.3 Å². The van der Waals surface area contributed by atoms with E-state index in [9.17, 15) is 19.8 Å². The van der Waals surface area contributed by atoms with Crippen LogP contribution in [0.2, 0.25) is 0 Å². The number of benzene rings is 2. The number of rotatable bonds is 4. The maximum absolute atomic E-state index is 12.1. The van der Waals surface area contributed by atoms with Crippen LogP contribution in [0.5, 0.6) is 11.5 Å². The molecule has 1 amide bonds. The number of hydrogen-bond acceptors (Lipinski definition) is 5. The lowest BCUT2D eigenvalue weighted by atomic mass is 9.88. The number of fused-ring (bicyclic) bond motifs is 1. The lowest BCUT2D eigenvalue weighted by Gasteiger charge is -2.26. The van der Waals surface area contributed by atoms with Crippen molar-refractivity contribution in [2.24, 2.45) is 0 Å². The first-order chi connectivity index (χ1) is 12.0. The van der Waals surface area contributed by atoms with E-state index in [2.05, 4.69) is 11.4 Å². The SMILES string of the molecule is O=C(COC(=O)c1ccc(O)cc1O)N[C@@H]1CCCc2ccccc21. The highest BCUT2D eigenvalue weighted by Crippen LogP contribution is 2.29. The minimum absolute atomic E-state index is 0.0850. The zero-order valence-electron chi connectivity index (χ0n) is 13.6. The second-order valence-corrected chi connectivity index (χ2v) is 5.99. The summed E-state index contributed by atoms with van der Waals surface area (Å²) in [7, 11) is 0. The Morgan fingerprint density at radius 1 is 1.16 bits per heavy atom. The third kappa shape index (κ3) is 3.91. The van der Waals surface area contributed by atoms with Crippen LogP contribution in [-0.4, -0.2) is 28.7 Å². The molecule has 3 N–H and O–H groups in total. The molecule has 0 saturated carbocycles. The summed E-state index contributed by atoms with van der Waals surface area (Å²) in [4.78, 5) is 24.0. The number of phenolic OH excluding ortho intramolecular Hbond substituents is 2. The normalized spacial score (nSPS) is 15.9. The van der Waals surface area contributed by atoms with Crippen molar-refractivity contribution in [1.82, 2.24) is 5.32 Å². The molecule has 2 aromatic rings. The van der Waals surface area contributed by atoms with Crippen molar-refractivity contribution in [3.63, 3.8) is 0 Å². The molecule has 1 atom stereocenters. The van der Waals surface area contributed by atoms with E-state index >= 15 is 0 Å². The predicted molar refractivity (Wildman–Crippen MR) is 90.3 cm³/mol. The lowest BCUT2D eigenvalue weighted by molar-refractivity contribution is -0.125. The Morgan fingerprint density at radius 3 is 2.76 bits per heavy atom. The van der Waals surface area contributed by atoms with E-state index in [-0.39, 0.29) is 17.4 Å². The van der Waals surface area contributed by atoms with E-state index in [1.54, 1.807) is 0 Å². The topological polar surface area (TPSA) is 95.9 Å². The molecule has 0 fully saturated rings. The summed E-state index contributed by atoms with van der Waals surface area (Å²) in [6.45, 7) is -0.433. The fourth-order valence-electron chi connectivity index (χ4n) is 3.04. The van der Waals surface area contributed by atoms with Crippen molar-refractivity contribution >= 4 is 11.9 Å². The number of hydrogen-bond donors (Lipinski definition) is 3. The molecule has 25 heavy (non-hydrogen) atoms. The first-order valence-electron chi connectivity index (χ1n) is 8.11. The fourth-order valence-corrected chi connectivity index (χ4v) is 3.04. The van der Waals surface area contributed by atoms with Crippen molar-refractivity contribution in [1.29, 1.82) is 0 Å². The number of ether oxygens (including phenoxy) is 1. The minimum Gasteiger partial charge on any atom is -0.508 e. The summed E-state index contributed by atoms with van der Waals surface area (Å²) in [5.74, 6) is -1.78. The van der Waals surface area contributed by atoms with E-state index < -0.39 is 24.2 Å². The van der Waals surface area contributed by atoms with Gasteiger partial charge in [0.15, 0.2) is 6.61 Å². The Kier molecular flexibility index (Phi) is 4.88. The number of aromatic hydroxyl groups is 2. The van der Waals surface area contributed by atoms with Crippen LogP contribution in [0.1, 0.15) is 40.4 Å². The number of aryl methyl sites for hydroxylation is 1. The van der Waals surface area contributed by atoms with Gasteiger partial charge in [-0.05, 0) is 42.5 Å². The number of carbonyl (C=O) groups excluding carboxylic acids is 2. The smallest absolute Gasteiger partial charge is 0.342 e. The Hall–Kier alpha value is -3.02. The molecule has 6 heteroatoms. The van der Waals surface area contributed by atoms with Crippen LogP contribution < -0.4 is 5.32 Å². The van der Waals surface area contributed by atoms with Crippen LogP contribution in [0.15, 0.2) is 42.5 Å². The molecule has 6 nitrogen and oxygen atoms in total. The largest absolute Gasteiger partial charge is 0.508 e. The zero-order valence-corrected chi connectivity index (χ0v) is 13.6. The molecule has 130 valence electrons. The Morgan fingerprint density at radius 2 is 1.96 bits per heavy atom. The summed E-state index contributed by atoms with van der Waals surface area (Å²) >= 11 is 0. The van der Waals surface area contributed by atoms with E-state index in [1.165, 1.54) is 17.7 Å². The van der Waals surface area contributed by atoms with Crippen molar-refractivity contribution in [3.8, 4) is 11.5 Å². The van der Waals surface area contributed by atoms with E-state index in [0.717, 1.165) is 30.9 Å². The van der Waals surface area contributed by atoms with Crippen LogP contribution in [0, 0.1) is 0 Å². The van der Waals surface area contributed by atoms with Crippen molar-refractivity contribution < 1.29 is 24.5 Å². The van der Waals surface area contributed by atoms with Gasteiger partial charge in [0, 0.05) is 6.07 Å². The van der Waals surface area contributed by atoms with Gasteiger partial charge in [0.05, 0.1) is 6.04 Å². The van der Waals surface area contributed by atoms with Gasteiger partial charge in [-0.3, -0.25) is 4.79 Å². The van der Waals surface area contributed by atoms with Crippen molar-refractivity contribution in [3.05, 3.63) is 59.2 Å². The molecule has 0 spiro atoms. The summed E-state index contributed by atoms with van der Waals surface area (Å²) < 4.78 is 4.95. The van der Waals surface area contributed by atoms with Crippen LogP contribution in [0.3, 0.4) is 0 Å². The second-order valence-electron chi connectivity index (χ2n) is 5.99. The molecule has 0 radical (unpaired) electrons. The van der Waals surface area contributed by atoms with Gasteiger partial charge >= 0.3 is 5.97 Å². The molecule has 0 aliphatic heterocycles. The van der Waals surface area contributed by atoms with Crippen LogP contribution in [0.25, 0.3) is 0 Å². The molecule has 2 aromatic carbocycles. The van der Waals surface area contributed by atoms with Gasteiger partial charge in [-0.15, -0.1) is 0 Å². The highest BCUT2D eigenvalue weighted by molar-refractivity contribution is 5.94. The van der Waals surface area contributed by atoms with Gasteiger partial charge < -0.3 is 20.3 Å². The predicted octanol–water partition coefficient (Wildman–Crippen LogP) is 2.45. The molecule has 0 bridgehead atoms. The van der Waals surface area contributed by atoms with Crippen LogP contribution >= 0.6 is 0 Å². The molecular formula is C19H19NO5. The summed E-state index contributed by atoms with van der Waals surface area (Å²) in [6.07, 6.45) is 2.83. The van der Waals surface area contributed by atoms with Gasteiger partial charge in [0.2, 0.25) is 0 Å². The van der Waals surface area contributed by atoms with Gasteiger partial charge in [-0.1, -0.05) is 24.3 Å². The molecule has 3 rings (SSSR count). The molecule has 1 aliphatic rings. The number of amides is 1. The Labute approximate surface area is 145 Å². The minimum atomic E-state index is -0.823. The van der Waals surface area contributed by atoms with Gasteiger partial charge in [-0.25, -0.2) is 4.79 Å². The summed E-state index contributed by atoms with van der Waals surface area (Å²) in [5.41, 5.74) is 2.23. The Balaban J connectivity index is 1.58. The average molecular weight is 341 g/mol. The number of phenols is 2. The maximum atomic E-state index is 12.1. The first-order valence-corrected chi connectivity index (χ1v) is 8.11. The van der Waals surface area contributed by atoms with Gasteiger partial charge in [0.25, 0.3) is 5.91 Å². The third-order valence-corrected chi connectivity index (χ3v) is 4.24. The highest BCUT2D eigenvalue weighted by atomic mass is 16.5. The lowest BCUT2D eigenvalue weighted by Crippen LogP contribution is -2.34. The monoisotopic (exact) mass is 341 g/mol. The molecule has 0 heterocycles. The van der Waals surface area contributed by atoms with E-state index in [1.807, 2.05) is 18.2 Å². The van der Waals surface area contributed by atoms with Crippen LogP contribution in [0.4, 0.5) is 0 Å². The second kappa shape index (κ2) is 7.25. The zero-order chi connectivity index (χ0) is 17.8. The average Bonchev–Trinajstić information content (AvgIpc) is 2.60. The molecule has 0 aromatic heterocycles. The maximum Gasteiger partial charge on any atom is 0.342 e. The standard InChI is InChI=1S/C19H19NO5/c21-13-8-9-15(17(22)10-13)19(24)25-11-18(23)20-16-7-3-5-12-4-1-2-6-14(12)16/h1-2,4,6,8-10,16,21-22H,3,5,7,11H2,(H,20,23)/t16-/m1/s1. The fraction of sp³-hybridized carbons (Fsp3) is 0.263. The van der Waals surface area contributed by atoms with Crippen LogP contribution in [-0.2, 0) is 16.0 Å². The van der Waals surface area contributed by atoms with Gasteiger partial charge in [-0.2, -0.15) is 0 Å². The molecule has 0 saturated heterocycles. The quantitative estimate of drug-likeness (QED) is 0.743. The molecule has 1 aliphatic carbocycles. The van der Waals surface area contributed by atoms with E-state index in [0.29, 0.717) is 0 Å². The summed E-state index contributed by atoms with van der Waals surface area (Å²) in [6, 6.07) is 11.4. The van der Waals surface area contributed by atoms with Gasteiger partial charge in [0.1, 0.15) is 17.1 Å². The van der Waals surface area contributed by atoms with Crippen molar-refractivity contribution in [2.75, 3.05) is 6.61 Å². The number of carbonyl (C=O) groups is 2.